The number of aliphatic carboxylic acids is 2. The standard InChI is InChI=1S/C27H25FN2O5.C4H6O6/c1-2-11-29-12-10-26-21-14-6-7-18(31)22(21)35-23(26)17(8-9-27(26,34)19(29)13-14)30-24(32)15-4-3-5-16(28)20(15)25(30)33;5-1(3(7)8)2(6)4(9)10/h2-7,17,19,23,31,34H,1,8-13H2;1-2,5-6H,(H,7,8)(H,9,10)/t17-,19+,23-,26-,27+;/m0./s1. The SMILES string of the molecule is C=CCN1CC[C@]23c4c5ccc(O)c4O[C@H]2[C@@H](N2C(=O)c4cccc(F)c4C2=O)CC[C@@]3(O)[C@H]1C5.O=C(O)C(O)C(O)C(=O)O. The number of hydrogen-bond acceptors (Lipinski definition) is 10. The molecule has 5 aliphatic rings. The van der Waals surface area contributed by atoms with Crippen molar-refractivity contribution in [1.82, 2.24) is 9.80 Å². The van der Waals surface area contributed by atoms with E-state index < -0.39 is 64.9 Å². The van der Waals surface area contributed by atoms with Crippen LogP contribution < -0.4 is 4.74 Å². The van der Waals surface area contributed by atoms with Crippen LogP contribution in [0.4, 0.5) is 4.39 Å². The topological polar surface area (TPSA) is 205 Å². The average Bonchev–Trinajstić information content (AvgIpc) is 3.48. The lowest BCUT2D eigenvalue weighted by molar-refractivity contribution is -0.194. The van der Waals surface area contributed by atoms with E-state index >= 15 is 0 Å². The van der Waals surface area contributed by atoms with Crippen LogP contribution in [0, 0.1) is 5.82 Å². The molecule has 2 aromatic carbocycles. The normalized spacial score (nSPS) is 30.3. The molecule has 3 heterocycles. The Labute approximate surface area is 255 Å². The lowest BCUT2D eigenvalue weighted by Crippen LogP contribution is -2.78. The molecule has 2 amide bonds. The number of imide groups is 1. The van der Waals surface area contributed by atoms with Gasteiger partial charge in [-0.15, -0.1) is 6.58 Å². The summed E-state index contributed by atoms with van der Waals surface area (Å²) >= 11 is 0. The molecule has 2 fully saturated rings. The molecule has 13 nitrogen and oxygen atoms in total. The number of amides is 2. The van der Waals surface area contributed by atoms with Crippen molar-refractivity contribution in [3.8, 4) is 11.5 Å². The number of fused-ring (bicyclic) bond motifs is 1. The van der Waals surface area contributed by atoms with Gasteiger partial charge in [0.1, 0.15) is 11.9 Å². The summed E-state index contributed by atoms with van der Waals surface area (Å²) in [6.07, 6.45) is -1.64. The van der Waals surface area contributed by atoms with E-state index in [9.17, 15) is 33.8 Å². The minimum absolute atomic E-state index is 0.0194. The summed E-state index contributed by atoms with van der Waals surface area (Å²) in [5, 5.41) is 55.7. The van der Waals surface area contributed by atoms with Crippen LogP contribution in [0.1, 0.15) is 51.1 Å². The summed E-state index contributed by atoms with van der Waals surface area (Å²) in [7, 11) is 0. The van der Waals surface area contributed by atoms with E-state index in [2.05, 4.69) is 11.5 Å². The second-order valence-electron chi connectivity index (χ2n) is 12.0. The first kappa shape index (κ1) is 30.6. The van der Waals surface area contributed by atoms with Crippen molar-refractivity contribution in [2.24, 2.45) is 0 Å². The van der Waals surface area contributed by atoms with Crippen molar-refractivity contribution in [2.45, 2.75) is 67.1 Å². The van der Waals surface area contributed by atoms with Crippen LogP contribution in [0.2, 0.25) is 0 Å². The van der Waals surface area contributed by atoms with Crippen LogP contribution in [-0.2, 0) is 21.4 Å². The number of benzene rings is 2. The molecule has 3 aliphatic heterocycles. The zero-order valence-corrected chi connectivity index (χ0v) is 23.8. The third kappa shape index (κ3) is 4.13. The average molecular weight is 627 g/mol. The summed E-state index contributed by atoms with van der Waals surface area (Å²) in [4.78, 5) is 49.7. The predicted octanol–water partition coefficient (Wildman–Crippen LogP) is 0.414. The highest BCUT2D eigenvalue weighted by atomic mass is 19.1. The van der Waals surface area contributed by atoms with Crippen molar-refractivity contribution < 1.29 is 58.9 Å². The number of carbonyl (C=O) groups is 4. The van der Waals surface area contributed by atoms with Gasteiger partial charge in [0.15, 0.2) is 23.7 Å². The Kier molecular flexibility index (Phi) is 7.23. The fourth-order valence-corrected chi connectivity index (χ4v) is 8.09. The molecule has 45 heavy (non-hydrogen) atoms. The maximum atomic E-state index is 14.6. The second kappa shape index (κ2) is 10.6. The number of carboxylic acid groups (broad SMARTS) is 2. The van der Waals surface area contributed by atoms with Gasteiger partial charge in [0.05, 0.1) is 28.2 Å². The van der Waals surface area contributed by atoms with Crippen LogP contribution in [-0.4, -0.2) is 113 Å². The number of aromatic hydroxyl groups is 1. The van der Waals surface area contributed by atoms with Gasteiger partial charge in [-0.3, -0.25) is 19.4 Å². The van der Waals surface area contributed by atoms with Crippen molar-refractivity contribution >= 4 is 23.8 Å². The first-order valence-corrected chi connectivity index (χ1v) is 14.4. The molecule has 6 N–H and O–H groups in total. The zero-order chi connectivity index (χ0) is 32.6. The quantitative estimate of drug-likeness (QED) is 0.191. The fourth-order valence-electron chi connectivity index (χ4n) is 8.09. The molecule has 2 aromatic rings. The number of hydrogen-bond donors (Lipinski definition) is 6. The number of phenolic OH excluding ortho intramolecular Hbond substituents is 1. The van der Waals surface area contributed by atoms with E-state index in [1.54, 1.807) is 6.07 Å². The summed E-state index contributed by atoms with van der Waals surface area (Å²) < 4.78 is 21.0. The Bertz CT molecular complexity index is 1630. The molecule has 0 radical (unpaired) electrons. The molecule has 2 unspecified atom stereocenters. The molecule has 2 aliphatic carbocycles. The smallest absolute Gasteiger partial charge is 0.335 e. The fraction of sp³-hybridized carbons (Fsp3) is 0.419. The van der Waals surface area contributed by atoms with Gasteiger partial charge in [0, 0.05) is 18.2 Å². The number of likely N-dealkylation sites (tertiary alicyclic amines) is 1. The largest absolute Gasteiger partial charge is 0.504 e. The Morgan fingerprint density at radius 3 is 2.40 bits per heavy atom. The summed E-state index contributed by atoms with van der Waals surface area (Å²) in [6, 6.07) is 6.66. The van der Waals surface area contributed by atoms with Crippen LogP contribution in [0.15, 0.2) is 43.0 Å². The van der Waals surface area contributed by atoms with Crippen LogP contribution >= 0.6 is 0 Å². The Balaban J connectivity index is 0.000000311. The van der Waals surface area contributed by atoms with Crippen molar-refractivity contribution in [3.63, 3.8) is 0 Å². The number of nitrogens with zero attached hydrogens (tertiary/aromatic N) is 2. The summed E-state index contributed by atoms with van der Waals surface area (Å²) in [6.45, 7) is 5.19. The number of carbonyl (C=O) groups excluding carboxylic acids is 2. The lowest BCUT2D eigenvalue weighted by atomic mass is 9.48. The highest BCUT2D eigenvalue weighted by Crippen LogP contribution is 2.66. The number of phenols is 1. The predicted molar refractivity (Wildman–Crippen MR) is 150 cm³/mol. The Hall–Kier alpha value is -4.37. The van der Waals surface area contributed by atoms with Crippen LogP contribution in [0.3, 0.4) is 0 Å². The van der Waals surface area contributed by atoms with Crippen molar-refractivity contribution in [2.75, 3.05) is 13.1 Å². The third-order valence-corrected chi connectivity index (χ3v) is 9.94. The molecule has 14 heteroatoms. The molecular weight excluding hydrogens is 595 g/mol. The molecule has 1 saturated heterocycles. The van der Waals surface area contributed by atoms with Gasteiger partial charge in [-0.2, -0.15) is 0 Å². The van der Waals surface area contributed by atoms with E-state index in [1.165, 1.54) is 18.2 Å². The van der Waals surface area contributed by atoms with E-state index in [-0.39, 0.29) is 22.9 Å². The van der Waals surface area contributed by atoms with Gasteiger partial charge in [-0.1, -0.05) is 18.2 Å². The number of carboxylic acids is 2. The second-order valence-corrected chi connectivity index (χ2v) is 12.0. The van der Waals surface area contributed by atoms with Gasteiger partial charge >= 0.3 is 11.9 Å². The van der Waals surface area contributed by atoms with Crippen LogP contribution in [0.5, 0.6) is 11.5 Å². The Morgan fingerprint density at radius 1 is 1.09 bits per heavy atom. The minimum atomic E-state index is -2.27. The summed E-state index contributed by atoms with van der Waals surface area (Å²) in [5.74, 6) is -5.16. The number of aliphatic hydroxyl groups excluding tert-OH is 2. The van der Waals surface area contributed by atoms with Gasteiger partial charge in [-0.25, -0.2) is 14.0 Å². The molecule has 1 saturated carbocycles. The molecule has 7 rings (SSSR count). The minimum Gasteiger partial charge on any atom is -0.504 e. The number of ether oxygens (including phenoxy) is 1. The first-order chi connectivity index (χ1) is 21.3. The van der Waals surface area contributed by atoms with Crippen molar-refractivity contribution in [3.05, 3.63) is 71.1 Å². The zero-order valence-electron chi connectivity index (χ0n) is 23.8. The van der Waals surface area contributed by atoms with E-state index in [0.29, 0.717) is 44.5 Å². The number of aliphatic hydroxyl groups is 3. The monoisotopic (exact) mass is 626 g/mol. The van der Waals surface area contributed by atoms with Crippen molar-refractivity contribution in [1.29, 1.82) is 0 Å². The number of rotatable bonds is 6. The van der Waals surface area contributed by atoms with E-state index in [4.69, 9.17) is 25.2 Å². The third-order valence-electron chi connectivity index (χ3n) is 9.94. The molecular formula is C31H31FN2O11. The maximum absolute atomic E-state index is 14.6. The first-order valence-electron chi connectivity index (χ1n) is 14.4. The molecule has 238 valence electrons. The van der Waals surface area contributed by atoms with Crippen LogP contribution in [0.25, 0.3) is 0 Å². The molecule has 0 aromatic heterocycles. The van der Waals surface area contributed by atoms with E-state index in [0.717, 1.165) is 16.0 Å². The number of piperidine rings is 1. The van der Waals surface area contributed by atoms with Gasteiger partial charge < -0.3 is 35.4 Å². The maximum Gasteiger partial charge on any atom is 0.335 e. The highest BCUT2D eigenvalue weighted by Gasteiger charge is 2.74. The van der Waals surface area contributed by atoms with Gasteiger partial charge in [0.2, 0.25) is 0 Å². The summed E-state index contributed by atoms with van der Waals surface area (Å²) in [5.41, 5.74) is -0.434. The number of halogens is 1. The molecule has 2 bridgehead atoms. The lowest BCUT2D eigenvalue weighted by Gasteiger charge is -2.64. The molecule has 1 spiro atoms. The van der Waals surface area contributed by atoms with Gasteiger partial charge in [0.25, 0.3) is 11.8 Å². The van der Waals surface area contributed by atoms with Gasteiger partial charge in [-0.05, 0) is 56.0 Å². The highest BCUT2D eigenvalue weighted by molar-refractivity contribution is 6.21. The Morgan fingerprint density at radius 2 is 1.78 bits per heavy atom. The van der Waals surface area contributed by atoms with E-state index in [1.807, 2.05) is 12.1 Å². The molecule has 7 atom stereocenters.